The first-order valence-electron chi connectivity index (χ1n) is 3.24. The summed E-state index contributed by atoms with van der Waals surface area (Å²) in [6.07, 6.45) is 1.72. The van der Waals surface area contributed by atoms with Crippen LogP contribution >= 0.6 is 22.6 Å². The molecule has 0 aromatic carbocycles. The molecule has 0 aliphatic carbocycles. The molecule has 0 bridgehead atoms. The molecule has 0 radical (unpaired) electrons. The molecule has 2 nitrogen and oxygen atoms in total. The summed E-state index contributed by atoms with van der Waals surface area (Å²) in [5, 5.41) is 0. The van der Waals surface area contributed by atoms with E-state index in [2.05, 4.69) is 27.6 Å². The third kappa shape index (κ3) is 1.99. The van der Waals surface area contributed by atoms with Crippen molar-refractivity contribution in [1.29, 1.82) is 0 Å². The number of pyridine rings is 1. The third-order valence-electron chi connectivity index (χ3n) is 1.40. The molecular formula is C8H8INO. The summed E-state index contributed by atoms with van der Waals surface area (Å²) in [6.45, 7) is 3.49. The van der Waals surface area contributed by atoms with E-state index in [0.29, 0.717) is 5.69 Å². The number of halogens is 1. The number of rotatable bonds is 1. The van der Waals surface area contributed by atoms with Crippen LogP contribution in [0.25, 0.3) is 0 Å². The van der Waals surface area contributed by atoms with Crippen molar-refractivity contribution in [1.82, 2.24) is 4.98 Å². The molecule has 0 aliphatic rings. The fourth-order valence-corrected chi connectivity index (χ4v) is 1.13. The molecular weight excluding hydrogens is 253 g/mol. The van der Waals surface area contributed by atoms with E-state index in [9.17, 15) is 4.79 Å². The lowest BCUT2D eigenvalue weighted by Gasteiger charge is -1.98. The number of hydrogen-bond donors (Lipinski definition) is 0. The number of carbonyl (C=O) groups is 1. The van der Waals surface area contributed by atoms with E-state index in [0.717, 1.165) is 9.13 Å². The van der Waals surface area contributed by atoms with Crippen LogP contribution in [0.3, 0.4) is 0 Å². The number of ketones is 1. The Balaban J connectivity index is 3.15. The predicted molar refractivity (Wildman–Crippen MR) is 51.7 cm³/mol. The molecule has 0 unspecified atom stereocenters. The topological polar surface area (TPSA) is 30.0 Å². The van der Waals surface area contributed by atoms with Gasteiger partial charge in [-0.2, -0.15) is 0 Å². The molecule has 0 saturated heterocycles. The molecule has 0 fully saturated rings. The number of carbonyl (C=O) groups excluding carboxylic acids is 1. The van der Waals surface area contributed by atoms with Crippen molar-refractivity contribution < 1.29 is 4.79 Å². The fraction of sp³-hybridized carbons (Fsp3) is 0.250. The van der Waals surface area contributed by atoms with Gasteiger partial charge in [-0.05, 0) is 41.1 Å². The Labute approximate surface area is 79.2 Å². The minimum Gasteiger partial charge on any atom is -0.293 e. The molecule has 0 aliphatic heterocycles. The van der Waals surface area contributed by atoms with Crippen molar-refractivity contribution in [2.24, 2.45) is 0 Å². The second-order valence-electron chi connectivity index (χ2n) is 2.37. The van der Waals surface area contributed by atoms with Crippen LogP contribution in [0.1, 0.15) is 23.0 Å². The zero-order valence-electron chi connectivity index (χ0n) is 6.39. The molecule has 0 saturated carbocycles. The molecule has 58 valence electrons. The fourth-order valence-electron chi connectivity index (χ4n) is 0.692. The summed E-state index contributed by atoms with van der Waals surface area (Å²) < 4.78 is 1.09. The Kier molecular flexibility index (Phi) is 2.59. The molecule has 0 N–H and O–H groups in total. The first-order chi connectivity index (χ1) is 5.11. The van der Waals surface area contributed by atoms with Crippen molar-refractivity contribution in [2.75, 3.05) is 0 Å². The van der Waals surface area contributed by atoms with E-state index in [1.165, 1.54) is 6.92 Å². The van der Waals surface area contributed by atoms with Crippen LogP contribution in [0.2, 0.25) is 0 Å². The normalized spacial score (nSPS) is 9.73. The van der Waals surface area contributed by atoms with Crippen molar-refractivity contribution in [2.45, 2.75) is 13.8 Å². The van der Waals surface area contributed by atoms with Crippen LogP contribution in [0, 0.1) is 10.5 Å². The molecule has 3 heteroatoms. The maximum absolute atomic E-state index is 10.8. The first kappa shape index (κ1) is 8.64. The Morgan fingerprint density at radius 3 is 2.73 bits per heavy atom. The number of nitrogens with zero attached hydrogens (tertiary/aromatic N) is 1. The Morgan fingerprint density at radius 1 is 1.64 bits per heavy atom. The monoisotopic (exact) mass is 261 g/mol. The average molecular weight is 261 g/mol. The molecule has 11 heavy (non-hydrogen) atoms. The summed E-state index contributed by atoms with van der Waals surface area (Å²) in [6, 6.07) is 1.80. The van der Waals surface area contributed by atoms with Gasteiger partial charge < -0.3 is 0 Å². The second-order valence-corrected chi connectivity index (χ2v) is 3.54. The van der Waals surface area contributed by atoms with E-state index >= 15 is 0 Å². The molecule has 1 heterocycles. The lowest BCUT2D eigenvalue weighted by molar-refractivity contribution is 0.101. The van der Waals surface area contributed by atoms with Crippen LogP contribution in [-0.4, -0.2) is 10.8 Å². The van der Waals surface area contributed by atoms with Gasteiger partial charge in [-0.15, -0.1) is 0 Å². The van der Waals surface area contributed by atoms with E-state index in [-0.39, 0.29) is 5.78 Å². The highest BCUT2D eigenvalue weighted by atomic mass is 127. The van der Waals surface area contributed by atoms with Gasteiger partial charge in [0.25, 0.3) is 0 Å². The summed E-state index contributed by atoms with van der Waals surface area (Å²) in [4.78, 5) is 14.8. The standard InChI is InChI=1S/C8H8INO/c1-5-4-10-8(6(2)11)3-7(5)9/h3-4H,1-2H3. The van der Waals surface area contributed by atoms with Crippen LogP contribution < -0.4 is 0 Å². The van der Waals surface area contributed by atoms with Gasteiger partial charge in [0.15, 0.2) is 5.78 Å². The van der Waals surface area contributed by atoms with Gasteiger partial charge in [-0.25, -0.2) is 0 Å². The van der Waals surface area contributed by atoms with E-state index < -0.39 is 0 Å². The summed E-state index contributed by atoms with van der Waals surface area (Å²) in [5.41, 5.74) is 1.65. The zero-order valence-corrected chi connectivity index (χ0v) is 8.55. The van der Waals surface area contributed by atoms with E-state index in [1.807, 2.05) is 6.92 Å². The molecule has 0 amide bonds. The maximum Gasteiger partial charge on any atom is 0.178 e. The number of Topliss-reactive ketones (excluding diaryl/α,β-unsaturated/α-hetero) is 1. The molecule has 1 aromatic rings. The number of hydrogen-bond acceptors (Lipinski definition) is 2. The highest BCUT2D eigenvalue weighted by Gasteiger charge is 2.02. The third-order valence-corrected chi connectivity index (χ3v) is 2.56. The lowest BCUT2D eigenvalue weighted by atomic mass is 10.2. The Morgan fingerprint density at radius 2 is 2.27 bits per heavy atom. The SMILES string of the molecule is CC(=O)c1cc(I)c(C)cn1. The second kappa shape index (κ2) is 3.30. The predicted octanol–water partition coefficient (Wildman–Crippen LogP) is 2.20. The molecule has 0 atom stereocenters. The van der Waals surface area contributed by atoms with Crippen LogP contribution in [-0.2, 0) is 0 Å². The summed E-state index contributed by atoms with van der Waals surface area (Å²) >= 11 is 2.19. The van der Waals surface area contributed by atoms with E-state index in [1.54, 1.807) is 12.3 Å². The van der Waals surface area contributed by atoms with Gasteiger partial charge in [-0.1, -0.05) is 0 Å². The van der Waals surface area contributed by atoms with Gasteiger partial charge in [0.05, 0.1) is 0 Å². The highest BCUT2D eigenvalue weighted by Crippen LogP contribution is 2.10. The van der Waals surface area contributed by atoms with Crippen LogP contribution in [0.4, 0.5) is 0 Å². The highest BCUT2D eigenvalue weighted by molar-refractivity contribution is 14.1. The van der Waals surface area contributed by atoms with E-state index in [4.69, 9.17) is 0 Å². The van der Waals surface area contributed by atoms with Crippen molar-refractivity contribution in [3.63, 3.8) is 0 Å². The Hall–Kier alpha value is -0.450. The van der Waals surface area contributed by atoms with Crippen LogP contribution in [0.15, 0.2) is 12.3 Å². The van der Waals surface area contributed by atoms with Crippen LogP contribution in [0.5, 0.6) is 0 Å². The van der Waals surface area contributed by atoms with Gasteiger partial charge in [0.1, 0.15) is 5.69 Å². The van der Waals surface area contributed by atoms with Crippen molar-refractivity contribution in [3.05, 3.63) is 27.1 Å². The van der Waals surface area contributed by atoms with Crippen molar-refractivity contribution in [3.8, 4) is 0 Å². The zero-order chi connectivity index (χ0) is 8.43. The van der Waals surface area contributed by atoms with Gasteiger partial charge in [-0.3, -0.25) is 9.78 Å². The maximum atomic E-state index is 10.8. The quantitative estimate of drug-likeness (QED) is 0.573. The molecule has 0 spiro atoms. The first-order valence-corrected chi connectivity index (χ1v) is 4.32. The average Bonchev–Trinajstić information content (AvgIpc) is 1.94. The Bertz CT molecular complexity index is 296. The van der Waals surface area contributed by atoms with Gasteiger partial charge in [0, 0.05) is 16.7 Å². The minimum absolute atomic E-state index is 0.0166. The molecule has 1 aromatic heterocycles. The van der Waals surface area contributed by atoms with Gasteiger partial charge >= 0.3 is 0 Å². The molecule has 1 rings (SSSR count). The number of aryl methyl sites for hydroxylation is 1. The van der Waals surface area contributed by atoms with Gasteiger partial charge in [0.2, 0.25) is 0 Å². The number of aromatic nitrogens is 1. The summed E-state index contributed by atoms with van der Waals surface area (Å²) in [5.74, 6) is 0.0166. The lowest BCUT2D eigenvalue weighted by Crippen LogP contribution is -1.97. The summed E-state index contributed by atoms with van der Waals surface area (Å²) in [7, 11) is 0. The van der Waals surface area contributed by atoms with Crippen molar-refractivity contribution >= 4 is 28.4 Å². The smallest absolute Gasteiger partial charge is 0.178 e. The minimum atomic E-state index is 0.0166. The largest absolute Gasteiger partial charge is 0.293 e.